The molecule has 0 heterocycles. The molecule has 9 heteroatoms. The van der Waals surface area contributed by atoms with Gasteiger partial charge in [-0.1, -0.05) is 72.3 Å². The zero-order valence-electron chi connectivity index (χ0n) is 23.0. The highest BCUT2D eigenvalue weighted by atomic mass is 35.5. The minimum absolute atomic E-state index is 0.0693. The lowest BCUT2D eigenvalue weighted by atomic mass is 10.0. The van der Waals surface area contributed by atoms with E-state index in [1.807, 2.05) is 57.2 Å². The van der Waals surface area contributed by atoms with Crippen molar-refractivity contribution in [1.82, 2.24) is 10.2 Å². The van der Waals surface area contributed by atoms with Crippen LogP contribution in [0.3, 0.4) is 0 Å². The molecular weight excluding hydrogens is 534 g/mol. The van der Waals surface area contributed by atoms with Crippen molar-refractivity contribution in [2.75, 3.05) is 17.1 Å². The van der Waals surface area contributed by atoms with Crippen molar-refractivity contribution in [2.24, 2.45) is 0 Å². The molecule has 0 aliphatic rings. The predicted molar refractivity (Wildman–Crippen MR) is 157 cm³/mol. The third kappa shape index (κ3) is 8.83. The Bertz CT molecular complexity index is 1400. The second kappa shape index (κ2) is 12.7. The number of rotatable bonds is 10. The first-order chi connectivity index (χ1) is 18.2. The zero-order valence-corrected chi connectivity index (χ0v) is 24.6. The number of carbonyl (C=O) groups is 2. The van der Waals surface area contributed by atoms with E-state index in [1.165, 1.54) is 4.90 Å². The molecular formula is C30H36ClN3O4S. The quantitative estimate of drug-likeness (QED) is 0.373. The Hall–Kier alpha value is -3.36. The van der Waals surface area contributed by atoms with Gasteiger partial charge in [-0.2, -0.15) is 0 Å². The van der Waals surface area contributed by atoms with Crippen molar-refractivity contribution in [3.05, 3.63) is 101 Å². The highest BCUT2D eigenvalue weighted by molar-refractivity contribution is 7.92. The lowest BCUT2D eigenvalue weighted by molar-refractivity contribution is -0.140. The van der Waals surface area contributed by atoms with Gasteiger partial charge in [0.15, 0.2) is 0 Å². The lowest BCUT2D eigenvalue weighted by Gasteiger charge is -2.35. The van der Waals surface area contributed by atoms with Crippen LogP contribution in [0.15, 0.2) is 78.9 Å². The van der Waals surface area contributed by atoms with E-state index in [2.05, 4.69) is 5.32 Å². The summed E-state index contributed by atoms with van der Waals surface area (Å²) in [6.07, 6.45) is 1.32. The summed E-state index contributed by atoms with van der Waals surface area (Å²) in [6.45, 7) is 7.01. The molecule has 0 saturated carbocycles. The number of sulfonamides is 1. The molecule has 0 spiro atoms. The van der Waals surface area contributed by atoms with Gasteiger partial charge in [0.2, 0.25) is 21.8 Å². The van der Waals surface area contributed by atoms with E-state index in [-0.39, 0.29) is 18.9 Å². The SMILES string of the molecule is Cc1ccccc1N(CC(=O)N(Cc1cccc(Cl)c1)C(Cc1ccccc1)C(=O)NC(C)(C)C)S(C)(=O)=O. The van der Waals surface area contributed by atoms with Crippen LogP contribution in [0.25, 0.3) is 0 Å². The van der Waals surface area contributed by atoms with Gasteiger partial charge in [-0.15, -0.1) is 0 Å². The van der Waals surface area contributed by atoms with Gasteiger partial charge < -0.3 is 10.2 Å². The molecule has 7 nitrogen and oxygen atoms in total. The van der Waals surface area contributed by atoms with Crippen molar-refractivity contribution in [1.29, 1.82) is 0 Å². The van der Waals surface area contributed by atoms with Crippen LogP contribution in [-0.2, 0) is 32.6 Å². The first-order valence-electron chi connectivity index (χ1n) is 12.7. The second-order valence-electron chi connectivity index (χ2n) is 10.7. The van der Waals surface area contributed by atoms with Crippen LogP contribution in [0.4, 0.5) is 5.69 Å². The van der Waals surface area contributed by atoms with Gasteiger partial charge in [0.1, 0.15) is 12.6 Å². The number of para-hydroxylation sites is 1. The fourth-order valence-corrected chi connectivity index (χ4v) is 5.40. The standard InChI is InChI=1S/C30H36ClN3O4S/c1-22-12-9-10-17-26(22)34(39(5,37)38)21-28(35)33(20-24-15-11-16-25(31)18-24)27(29(36)32-30(2,3)4)19-23-13-7-6-8-14-23/h6-18,27H,19-21H2,1-5H3,(H,32,36). The first-order valence-corrected chi connectivity index (χ1v) is 14.9. The number of nitrogens with one attached hydrogen (secondary N) is 1. The number of nitrogens with zero attached hydrogens (tertiary/aromatic N) is 2. The normalized spacial score (nSPS) is 12.5. The van der Waals surface area contributed by atoms with E-state index in [0.717, 1.165) is 21.7 Å². The smallest absolute Gasteiger partial charge is 0.244 e. The molecule has 1 atom stereocenters. The molecule has 0 fully saturated rings. The van der Waals surface area contributed by atoms with Gasteiger partial charge in [0, 0.05) is 23.5 Å². The highest BCUT2D eigenvalue weighted by Gasteiger charge is 2.34. The molecule has 0 bridgehead atoms. The Morgan fingerprint density at radius 1 is 0.923 bits per heavy atom. The summed E-state index contributed by atoms with van der Waals surface area (Å²) in [7, 11) is -3.82. The number of benzene rings is 3. The van der Waals surface area contributed by atoms with Gasteiger partial charge in [-0.05, 0) is 62.6 Å². The van der Waals surface area contributed by atoms with Crippen LogP contribution in [0, 0.1) is 6.92 Å². The van der Waals surface area contributed by atoms with E-state index < -0.39 is 34.1 Å². The Balaban J connectivity index is 2.09. The summed E-state index contributed by atoms with van der Waals surface area (Å²) >= 11 is 6.24. The molecule has 0 radical (unpaired) electrons. The van der Waals surface area contributed by atoms with Crippen LogP contribution < -0.4 is 9.62 Å². The number of anilines is 1. The molecule has 0 aliphatic carbocycles. The number of hydrogen-bond acceptors (Lipinski definition) is 4. The van der Waals surface area contributed by atoms with Crippen molar-refractivity contribution in [2.45, 2.75) is 52.2 Å². The number of halogens is 1. The molecule has 1 N–H and O–H groups in total. The van der Waals surface area contributed by atoms with Crippen LogP contribution in [0.2, 0.25) is 5.02 Å². The summed E-state index contributed by atoms with van der Waals surface area (Å²) in [5, 5.41) is 3.50. The third-order valence-corrected chi connectivity index (χ3v) is 7.44. The molecule has 0 saturated heterocycles. The van der Waals surface area contributed by atoms with Crippen LogP contribution in [0.1, 0.15) is 37.5 Å². The third-order valence-electron chi connectivity index (χ3n) is 6.07. The zero-order chi connectivity index (χ0) is 28.8. The monoisotopic (exact) mass is 569 g/mol. The summed E-state index contributed by atoms with van der Waals surface area (Å²) in [5.41, 5.74) is 2.17. The van der Waals surface area contributed by atoms with Crippen molar-refractivity contribution >= 4 is 39.1 Å². The van der Waals surface area contributed by atoms with Crippen molar-refractivity contribution < 1.29 is 18.0 Å². The second-order valence-corrected chi connectivity index (χ2v) is 13.0. The predicted octanol–water partition coefficient (Wildman–Crippen LogP) is 4.97. The number of carbonyl (C=O) groups excluding carboxylic acids is 2. The molecule has 39 heavy (non-hydrogen) atoms. The first kappa shape index (κ1) is 30.2. The van der Waals surface area contributed by atoms with E-state index in [1.54, 1.807) is 49.4 Å². The molecule has 0 aromatic heterocycles. The molecule has 2 amide bonds. The van der Waals surface area contributed by atoms with Crippen LogP contribution in [-0.4, -0.2) is 49.5 Å². The van der Waals surface area contributed by atoms with Crippen LogP contribution in [0.5, 0.6) is 0 Å². The molecule has 3 aromatic rings. The Morgan fingerprint density at radius 3 is 2.13 bits per heavy atom. The topological polar surface area (TPSA) is 86.8 Å². The maximum absolute atomic E-state index is 14.1. The largest absolute Gasteiger partial charge is 0.350 e. The molecule has 3 rings (SSSR count). The fraction of sp³-hybridized carbons (Fsp3) is 0.333. The molecule has 208 valence electrons. The Labute approximate surface area is 236 Å². The van der Waals surface area contributed by atoms with E-state index in [0.29, 0.717) is 16.3 Å². The molecule has 0 aliphatic heterocycles. The summed E-state index contributed by atoms with van der Waals surface area (Å²) in [6, 6.07) is 22.6. The summed E-state index contributed by atoms with van der Waals surface area (Å²) in [4.78, 5) is 29.2. The minimum atomic E-state index is -3.82. The van der Waals surface area contributed by atoms with E-state index in [4.69, 9.17) is 11.6 Å². The van der Waals surface area contributed by atoms with Crippen molar-refractivity contribution in [3.63, 3.8) is 0 Å². The number of hydrogen-bond donors (Lipinski definition) is 1. The van der Waals surface area contributed by atoms with Gasteiger partial charge in [-0.3, -0.25) is 13.9 Å². The van der Waals surface area contributed by atoms with Crippen LogP contribution >= 0.6 is 11.6 Å². The van der Waals surface area contributed by atoms with E-state index >= 15 is 0 Å². The number of aryl methyl sites for hydroxylation is 1. The highest BCUT2D eigenvalue weighted by Crippen LogP contribution is 2.24. The van der Waals surface area contributed by atoms with Gasteiger partial charge in [-0.25, -0.2) is 8.42 Å². The van der Waals surface area contributed by atoms with Gasteiger partial charge in [0.25, 0.3) is 0 Å². The Kier molecular flexibility index (Phi) is 9.80. The summed E-state index contributed by atoms with van der Waals surface area (Å²) in [5.74, 6) is -0.836. The number of amides is 2. The van der Waals surface area contributed by atoms with Gasteiger partial charge in [0.05, 0.1) is 11.9 Å². The average Bonchev–Trinajstić information content (AvgIpc) is 2.84. The Morgan fingerprint density at radius 2 is 1.54 bits per heavy atom. The van der Waals surface area contributed by atoms with Gasteiger partial charge >= 0.3 is 0 Å². The molecule has 3 aromatic carbocycles. The summed E-state index contributed by atoms with van der Waals surface area (Å²) < 4.78 is 26.9. The molecule has 1 unspecified atom stereocenters. The van der Waals surface area contributed by atoms with Crippen molar-refractivity contribution in [3.8, 4) is 0 Å². The maximum atomic E-state index is 14.1. The van der Waals surface area contributed by atoms with E-state index in [9.17, 15) is 18.0 Å². The minimum Gasteiger partial charge on any atom is -0.350 e. The fourth-order valence-electron chi connectivity index (χ4n) is 4.28. The lowest BCUT2D eigenvalue weighted by Crippen LogP contribution is -2.56. The maximum Gasteiger partial charge on any atom is 0.244 e. The average molecular weight is 570 g/mol.